The molecule has 0 saturated heterocycles. The van der Waals surface area contributed by atoms with E-state index in [0.717, 1.165) is 0 Å². The van der Waals surface area contributed by atoms with E-state index in [1.54, 1.807) is 24.3 Å². The lowest BCUT2D eigenvalue weighted by molar-refractivity contribution is -0.0498. The van der Waals surface area contributed by atoms with Gasteiger partial charge in [0, 0.05) is 24.4 Å². The van der Waals surface area contributed by atoms with Crippen LogP contribution in [0.4, 0.5) is 25.1 Å². The molecule has 0 radical (unpaired) electrons. The second-order valence-corrected chi connectivity index (χ2v) is 9.89. The third-order valence-electron chi connectivity index (χ3n) is 5.42. The first-order valence-electron chi connectivity index (χ1n) is 10.2. The molecular weight excluding hydrogens is 468 g/mol. The number of urea groups is 1. The summed E-state index contributed by atoms with van der Waals surface area (Å²) in [5.74, 6) is 0.208. The van der Waals surface area contributed by atoms with Gasteiger partial charge in [-0.25, -0.2) is 23.2 Å². The van der Waals surface area contributed by atoms with Crippen LogP contribution in [0.3, 0.4) is 0 Å². The highest BCUT2D eigenvalue weighted by Crippen LogP contribution is 2.55. The number of nitrogens with two attached hydrogens (primary N) is 1. The predicted octanol–water partition coefficient (Wildman–Crippen LogP) is 3.54. The summed E-state index contributed by atoms with van der Waals surface area (Å²) < 4.78 is 54.7. The van der Waals surface area contributed by atoms with E-state index in [9.17, 15) is 22.0 Å². The van der Waals surface area contributed by atoms with Crippen LogP contribution in [0.15, 0.2) is 59.5 Å². The number of rotatable bonds is 7. The molecule has 178 valence electrons. The predicted molar refractivity (Wildman–Crippen MR) is 121 cm³/mol. The molecule has 34 heavy (non-hydrogen) atoms. The fourth-order valence-electron chi connectivity index (χ4n) is 3.53. The lowest BCUT2D eigenvalue weighted by Crippen LogP contribution is -2.24. The van der Waals surface area contributed by atoms with Crippen molar-refractivity contribution < 1.29 is 26.7 Å². The maximum atomic E-state index is 13.4. The average Bonchev–Trinajstić information content (AvgIpc) is 3.62. The van der Waals surface area contributed by atoms with Crippen molar-refractivity contribution in [2.45, 2.75) is 29.1 Å². The first-order chi connectivity index (χ1) is 16.1. The number of nitrogen functional groups attached to an aromatic ring is 1. The largest absolute Gasteiger partial charge is 0.435 e. The highest BCUT2D eigenvalue weighted by atomic mass is 32.2. The van der Waals surface area contributed by atoms with Gasteiger partial charge in [0.25, 0.3) is 0 Å². The van der Waals surface area contributed by atoms with Crippen LogP contribution in [-0.4, -0.2) is 38.1 Å². The molecule has 0 bridgehead atoms. The molecule has 1 aromatic heterocycles. The van der Waals surface area contributed by atoms with Gasteiger partial charge < -0.3 is 21.1 Å². The van der Waals surface area contributed by atoms with Crippen LogP contribution < -0.4 is 21.1 Å². The molecule has 1 heterocycles. The first-order valence-corrected chi connectivity index (χ1v) is 11.7. The maximum absolute atomic E-state index is 13.4. The van der Waals surface area contributed by atoms with Crippen molar-refractivity contribution in [1.29, 1.82) is 0 Å². The molecule has 4 N–H and O–H groups in total. The number of hydrogen-bond acceptors (Lipinski definition) is 7. The highest BCUT2D eigenvalue weighted by molar-refractivity contribution is 7.92. The van der Waals surface area contributed by atoms with E-state index in [0.29, 0.717) is 24.1 Å². The van der Waals surface area contributed by atoms with Gasteiger partial charge in [-0.05, 0) is 61.4 Å². The van der Waals surface area contributed by atoms with E-state index in [1.807, 2.05) is 0 Å². The number of anilines is 2. The zero-order valence-corrected chi connectivity index (χ0v) is 18.8. The lowest BCUT2D eigenvalue weighted by atomic mass is 10.1. The van der Waals surface area contributed by atoms with Gasteiger partial charge in [-0.1, -0.05) is 0 Å². The van der Waals surface area contributed by atoms with Crippen molar-refractivity contribution in [3.8, 4) is 17.1 Å². The van der Waals surface area contributed by atoms with Gasteiger partial charge in [0.2, 0.25) is 0 Å². The molecule has 2 aromatic carbocycles. The van der Waals surface area contributed by atoms with Crippen LogP contribution in [-0.2, 0) is 14.6 Å². The van der Waals surface area contributed by atoms with Gasteiger partial charge in [0.15, 0.2) is 15.7 Å². The summed E-state index contributed by atoms with van der Waals surface area (Å²) in [6, 6.07) is 12.6. The second kappa shape index (κ2) is 8.86. The van der Waals surface area contributed by atoms with E-state index in [2.05, 4.69) is 25.3 Å². The number of nitrogens with one attached hydrogen (secondary N) is 2. The van der Waals surface area contributed by atoms with Crippen LogP contribution in [0.1, 0.15) is 18.5 Å². The monoisotopic (exact) mass is 489 g/mol. The molecule has 1 aliphatic rings. The summed E-state index contributed by atoms with van der Waals surface area (Å²) in [7, 11) is -2.41. The molecule has 0 atom stereocenters. The molecule has 0 spiro atoms. The van der Waals surface area contributed by atoms with Crippen molar-refractivity contribution >= 4 is 27.4 Å². The summed E-state index contributed by atoms with van der Waals surface area (Å²) >= 11 is 0. The number of nitrogens with zero attached hydrogens (tertiary/aromatic N) is 2. The standard InChI is InChI=1S/C22H21F2N5O4S/c1-26-21(30)27-14-4-2-13(3-5-14)19-28-17(12-18(25)29-19)22(10-11-22)34(31,32)16-8-6-15(7-9-16)33-20(23)24/h2-9,12,20H,10-11H2,1H3,(H2,25,28,29)(H2,26,27,30). The van der Waals surface area contributed by atoms with Crippen LogP contribution in [0.5, 0.6) is 5.75 Å². The van der Waals surface area contributed by atoms with E-state index in [1.165, 1.54) is 37.4 Å². The number of carbonyl (C=O) groups is 1. The van der Waals surface area contributed by atoms with Gasteiger partial charge >= 0.3 is 12.6 Å². The topological polar surface area (TPSA) is 136 Å². The van der Waals surface area contributed by atoms with Crippen molar-refractivity contribution in [2.75, 3.05) is 18.1 Å². The van der Waals surface area contributed by atoms with E-state index in [4.69, 9.17) is 5.73 Å². The molecular formula is C22H21F2N5O4S. The number of carbonyl (C=O) groups excluding carboxylic acids is 1. The van der Waals surface area contributed by atoms with E-state index >= 15 is 0 Å². The van der Waals surface area contributed by atoms with Crippen LogP contribution in [0.2, 0.25) is 0 Å². The number of ether oxygens (including phenoxy) is 1. The Morgan fingerprint density at radius 1 is 1.09 bits per heavy atom. The number of hydrogen-bond donors (Lipinski definition) is 3. The fraction of sp³-hybridized carbons (Fsp3) is 0.227. The Balaban J connectivity index is 1.65. The number of alkyl halides is 2. The first kappa shape index (κ1) is 23.4. The minimum absolute atomic E-state index is 0.0324. The molecule has 9 nitrogen and oxygen atoms in total. The Hall–Kier alpha value is -3.80. The second-order valence-electron chi connectivity index (χ2n) is 7.63. The summed E-state index contributed by atoms with van der Waals surface area (Å²) in [5, 5.41) is 5.08. The Kier molecular flexibility index (Phi) is 6.09. The normalized spacial score (nSPS) is 14.5. The quantitative estimate of drug-likeness (QED) is 0.462. The fourth-order valence-corrected chi connectivity index (χ4v) is 5.49. The summed E-state index contributed by atoms with van der Waals surface area (Å²) in [4.78, 5) is 20.2. The van der Waals surface area contributed by atoms with Crippen LogP contribution in [0.25, 0.3) is 11.4 Å². The van der Waals surface area contributed by atoms with Crippen LogP contribution in [0, 0.1) is 0 Å². The summed E-state index contributed by atoms with van der Waals surface area (Å²) in [6.07, 6.45) is 0.658. The highest BCUT2D eigenvalue weighted by Gasteiger charge is 2.57. The third kappa shape index (κ3) is 4.49. The van der Waals surface area contributed by atoms with Gasteiger partial charge in [0.1, 0.15) is 16.3 Å². The average molecular weight is 490 g/mol. The van der Waals surface area contributed by atoms with Crippen molar-refractivity contribution in [2.24, 2.45) is 0 Å². The lowest BCUT2D eigenvalue weighted by Gasteiger charge is -2.18. The third-order valence-corrected chi connectivity index (χ3v) is 7.96. The van der Waals surface area contributed by atoms with Crippen molar-refractivity contribution in [3.63, 3.8) is 0 Å². The number of amides is 2. The zero-order chi connectivity index (χ0) is 24.5. The minimum Gasteiger partial charge on any atom is -0.435 e. The zero-order valence-electron chi connectivity index (χ0n) is 18.0. The smallest absolute Gasteiger partial charge is 0.387 e. The van der Waals surface area contributed by atoms with Crippen LogP contribution >= 0.6 is 0 Å². The molecule has 4 rings (SSSR count). The molecule has 1 fully saturated rings. The molecule has 0 aliphatic heterocycles. The Morgan fingerprint density at radius 2 is 1.74 bits per heavy atom. The number of halogens is 2. The number of sulfone groups is 1. The summed E-state index contributed by atoms with van der Waals surface area (Å²) in [6.45, 7) is -3.01. The molecule has 0 unspecified atom stereocenters. The Labute approximate surface area is 194 Å². The Morgan fingerprint density at radius 3 is 2.29 bits per heavy atom. The van der Waals surface area contributed by atoms with Crippen molar-refractivity contribution in [1.82, 2.24) is 15.3 Å². The molecule has 3 aromatic rings. The molecule has 1 aliphatic carbocycles. The van der Waals surface area contributed by atoms with Gasteiger partial charge in [0.05, 0.1) is 10.6 Å². The van der Waals surface area contributed by atoms with Crippen molar-refractivity contribution in [3.05, 3.63) is 60.3 Å². The maximum Gasteiger partial charge on any atom is 0.387 e. The molecule has 1 saturated carbocycles. The molecule has 12 heteroatoms. The molecule has 2 amide bonds. The van der Waals surface area contributed by atoms with Gasteiger partial charge in [-0.2, -0.15) is 8.78 Å². The van der Waals surface area contributed by atoms with Gasteiger partial charge in [-0.15, -0.1) is 0 Å². The number of benzene rings is 2. The van der Waals surface area contributed by atoms with E-state index in [-0.39, 0.29) is 34.0 Å². The minimum atomic E-state index is -3.91. The number of aromatic nitrogens is 2. The summed E-state index contributed by atoms with van der Waals surface area (Å²) in [5.41, 5.74) is 7.37. The van der Waals surface area contributed by atoms with E-state index < -0.39 is 21.2 Å². The SMILES string of the molecule is CNC(=O)Nc1ccc(-c2nc(N)cc(C3(S(=O)(=O)c4ccc(OC(F)F)cc4)CC3)n2)cc1. The van der Waals surface area contributed by atoms with Gasteiger partial charge in [-0.3, -0.25) is 0 Å². The Bertz CT molecular complexity index is 1310.